The predicted octanol–water partition coefficient (Wildman–Crippen LogP) is 2.71. The molecular weight excluding hydrogens is 288 g/mol. The third kappa shape index (κ3) is 3.20. The first-order valence-electron chi connectivity index (χ1n) is 5.44. The predicted molar refractivity (Wildman–Crippen MR) is 65.6 cm³/mol. The van der Waals surface area contributed by atoms with Crippen molar-refractivity contribution in [3.05, 3.63) is 28.2 Å². The van der Waals surface area contributed by atoms with Gasteiger partial charge < -0.3 is 14.6 Å². The van der Waals surface area contributed by atoms with Crippen LogP contribution in [-0.4, -0.2) is 30.4 Å². The average Bonchev–Trinajstić information content (AvgIpc) is 2.80. The van der Waals surface area contributed by atoms with E-state index in [0.717, 1.165) is 19.4 Å². The monoisotopic (exact) mass is 300 g/mol. The Morgan fingerprint density at radius 3 is 3.00 bits per heavy atom. The Bertz CT molecular complexity index is 413. The third-order valence-corrected chi connectivity index (χ3v) is 3.25. The number of ether oxygens (including phenoxy) is 2. The highest BCUT2D eigenvalue weighted by atomic mass is 79.9. The minimum absolute atomic E-state index is 0.154. The van der Waals surface area contributed by atoms with E-state index in [1.54, 1.807) is 6.07 Å². The second-order valence-electron chi connectivity index (χ2n) is 3.90. The zero-order chi connectivity index (χ0) is 12.3. The van der Waals surface area contributed by atoms with Gasteiger partial charge in [-0.05, 0) is 47.0 Å². The molecule has 0 bridgehead atoms. The molecule has 1 N–H and O–H groups in total. The van der Waals surface area contributed by atoms with Crippen LogP contribution in [0.3, 0.4) is 0 Å². The van der Waals surface area contributed by atoms with E-state index in [1.165, 1.54) is 12.1 Å². The summed E-state index contributed by atoms with van der Waals surface area (Å²) in [5.41, 5.74) is 0.237. The van der Waals surface area contributed by atoms with Gasteiger partial charge >= 0.3 is 5.97 Å². The topological polar surface area (TPSA) is 55.8 Å². The largest absolute Gasteiger partial charge is 0.490 e. The third-order valence-electron chi connectivity index (χ3n) is 2.63. The maximum atomic E-state index is 10.7. The molecule has 1 aliphatic rings. The fourth-order valence-electron chi connectivity index (χ4n) is 1.71. The molecule has 4 nitrogen and oxygen atoms in total. The van der Waals surface area contributed by atoms with E-state index in [0.29, 0.717) is 16.8 Å². The van der Waals surface area contributed by atoms with Gasteiger partial charge in [-0.25, -0.2) is 4.79 Å². The Morgan fingerprint density at radius 2 is 2.41 bits per heavy atom. The molecule has 1 fully saturated rings. The van der Waals surface area contributed by atoms with E-state index in [4.69, 9.17) is 14.6 Å². The molecule has 5 heteroatoms. The van der Waals surface area contributed by atoms with Gasteiger partial charge in [-0.2, -0.15) is 0 Å². The number of rotatable bonds is 4. The highest BCUT2D eigenvalue weighted by Crippen LogP contribution is 2.27. The SMILES string of the molecule is O=C(O)c1ccc(OC[C@@H]2CCCO2)c(Br)c1. The lowest BCUT2D eigenvalue weighted by atomic mass is 10.2. The summed E-state index contributed by atoms with van der Waals surface area (Å²) in [7, 11) is 0. The van der Waals surface area contributed by atoms with Crippen LogP contribution in [0.1, 0.15) is 23.2 Å². The van der Waals surface area contributed by atoms with Crippen LogP contribution in [0, 0.1) is 0 Å². The fraction of sp³-hybridized carbons (Fsp3) is 0.417. The van der Waals surface area contributed by atoms with Crippen LogP contribution in [0.2, 0.25) is 0 Å². The Labute approximate surface area is 108 Å². The Morgan fingerprint density at radius 1 is 1.59 bits per heavy atom. The minimum Gasteiger partial charge on any atom is -0.490 e. The molecule has 0 saturated carbocycles. The number of carbonyl (C=O) groups is 1. The van der Waals surface area contributed by atoms with Crippen molar-refractivity contribution < 1.29 is 19.4 Å². The first kappa shape index (κ1) is 12.4. The first-order chi connectivity index (χ1) is 8.16. The van der Waals surface area contributed by atoms with E-state index < -0.39 is 5.97 Å². The number of benzene rings is 1. The van der Waals surface area contributed by atoms with E-state index in [-0.39, 0.29) is 11.7 Å². The normalized spacial score (nSPS) is 19.2. The Hall–Kier alpha value is -1.07. The molecular formula is C12H13BrO4. The molecule has 92 valence electrons. The number of hydrogen-bond donors (Lipinski definition) is 1. The van der Waals surface area contributed by atoms with Crippen molar-refractivity contribution in [2.75, 3.05) is 13.2 Å². The summed E-state index contributed by atoms with van der Waals surface area (Å²) in [6.07, 6.45) is 2.25. The molecule has 0 amide bonds. The molecule has 1 aromatic carbocycles. The van der Waals surface area contributed by atoms with Crippen LogP contribution in [0.15, 0.2) is 22.7 Å². The molecule has 0 spiro atoms. The van der Waals surface area contributed by atoms with Gasteiger partial charge in [0.25, 0.3) is 0 Å². The lowest BCUT2D eigenvalue weighted by Crippen LogP contribution is -2.16. The molecule has 0 unspecified atom stereocenters. The quantitative estimate of drug-likeness (QED) is 0.929. The van der Waals surface area contributed by atoms with Crippen molar-refractivity contribution in [2.24, 2.45) is 0 Å². The smallest absolute Gasteiger partial charge is 0.335 e. The van der Waals surface area contributed by atoms with Gasteiger partial charge in [0.05, 0.1) is 16.1 Å². The first-order valence-corrected chi connectivity index (χ1v) is 6.23. The van der Waals surface area contributed by atoms with Gasteiger partial charge in [-0.15, -0.1) is 0 Å². The van der Waals surface area contributed by atoms with Crippen molar-refractivity contribution in [3.8, 4) is 5.75 Å². The van der Waals surface area contributed by atoms with Crippen LogP contribution >= 0.6 is 15.9 Å². The Kier molecular flexibility index (Phi) is 4.02. The van der Waals surface area contributed by atoms with Crippen molar-refractivity contribution in [2.45, 2.75) is 18.9 Å². The van der Waals surface area contributed by atoms with Crippen LogP contribution in [0.25, 0.3) is 0 Å². The molecule has 17 heavy (non-hydrogen) atoms. The lowest BCUT2D eigenvalue weighted by molar-refractivity contribution is 0.0672. The minimum atomic E-state index is -0.948. The summed E-state index contributed by atoms with van der Waals surface area (Å²) in [6, 6.07) is 4.72. The molecule has 1 aliphatic heterocycles. The molecule has 1 saturated heterocycles. The molecule has 0 radical (unpaired) electrons. The summed E-state index contributed by atoms with van der Waals surface area (Å²) in [4.78, 5) is 10.7. The average molecular weight is 301 g/mol. The number of aromatic carboxylic acids is 1. The van der Waals surface area contributed by atoms with Crippen LogP contribution in [-0.2, 0) is 4.74 Å². The number of hydrogen-bond acceptors (Lipinski definition) is 3. The molecule has 1 aromatic rings. The van der Waals surface area contributed by atoms with E-state index in [2.05, 4.69) is 15.9 Å². The Balaban J connectivity index is 1.98. The highest BCUT2D eigenvalue weighted by molar-refractivity contribution is 9.10. The second kappa shape index (κ2) is 5.51. The maximum absolute atomic E-state index is 10.7. The van der Waals surface area contributed by atoms with Crippen molar-refractivity contribution >= 4 is 21.9 Å². The van der Waals surface area contributed by atoms with E-state index in [9.17, 15) is 4.79 Å². The van der Waals surface area contributed by atoms with Crippen molar-refractivity contribution in [3.63, 3.8) is 0 Å². The van der Waals surface area contributed by atoms with Crippen molar-refractivity contribution in [1.82, 2.24) is 0 Å². The van der Waals surface area contributed by atoms with Crippen LogP contribution in [0.5, 0.6) is 5.75 Å². The summed E-state index contributed by atoms with van der Waals surface area (Å²) in [5, 5.41) is 8.82. The van der Waals surface area contributed by atoms with Gasteiger partial charge in [-0.1, -0.05) is 0 Å². The number of carboxylic acids is 1. The molecule has 0 aliphatic carbocycles. The number of halogens is 1. The van der Waals surface area contributed by atoms with Crippen LogP contribution < -0.4 is 4.74 Å². The molecule has 1 heterocycles. The second-order valence-corrected chi connectivity index (χ2v) is 4.75. The zero-order valence-electron chi connectivity index (χ0n) is 9.19. The van der Waals surface area contributed by atoms with Crippen LogP contribution in [0.4, 0.5) is 0 Å². The summed E-state index contributed by atoms with van der Waals surface area (Å²) in [6.45, 7) is 1.30. The summed E-state index contributed by atoms with van der Waals surface area (Å²) >= 11 is 3.30. The standard InChI is InChI=1S/C12H13BrO4/c13-10-6-8(12(14)15)3-4-11(10)17-7-9-2-1-5-16-9/h3-4,6,9H,1-2,5,7H2,(H,14,15)/t9-/m0/s1. The van der Waals surface area contributed by atoms with E-state index >= 15 is 0 Å². The maximum Gasteiger partial charge on any atom is 0.335 e. The molecule has 2 rings (SSSR count). The van der Waals surface area contributed by atoms with E-state index in [1.807, 2.05) is 0 Å². The molecule has 1 atom stereocenters. The summed E-state index contributed by atoms with van der Waals surface area (Å²) in [5.74, 6) is -0.304. The highest BCUT2D eigenvalue weighted by Gasteiger charge is 2.16. The van der Waals surface area contributed by atoms with Gasteiger partial charge in [0.15, 0.2) is 0 Å². The van der Waals surface area contributed by atoms with Gasteiger partial charge in [0.1, 0.15) is 12.4 Å². The zero-order valence-corrected chi connectivity index (χ0v) is 10.8. The van der Waals surface area contributed by atoms with Gasteiger partial charge in [0, 0.05) is 6.61 Å². The lowest BCUT2D eigenvalue weighted by Gasteiger charge is -2.12. The van der Waals surface area contributed by atoms with Crippen molar-refractivity contribution in [1.29, 1.82) is 0 Å². The van der Waals surface area contributed by atoms with Gasteiger partial charge in [0.2, 0.25) is 0 Å². The fourth-order valence-corrected chi connectivity index (χ4v) is 2.20. The summed E-state index contributed by atoms with van der Waals surface area (Å²) < 4.78 is 11.7. The van der Waals surface area contributed by atoms with Gasteiger partial charge in [-0.3, -0.25) is 0 Å². The molecule has 0 aromatic heterocycles. The number of carboxylic acid groups (broad SMARTS) is 1.